The number of rotatable bonds is 2. The fraction of sp³-hybridized carbons (Fsp3) is 0.647. The minimum absolute atomic E-state index is 0.100. The summed E-state index contributed by atoms with van der Waals surface area (Å²) in [5.74, 6) is 0. The lowest BCUT2D eigenvalue weighted by atomic mass is 9.88. The van der Waals surface area contributed by atoms with Crippen LogP contribution in [-0.2, 0) is 5.54 Å². The highest BCUT2D eigenvalue weighted by molar-refractivity contribution is 5.25. The third kappa shape index (κ3) is 2.90. The zero-order valence-corrected chi connectivity index (χ0v) is 12.8. The lowest BCUT2D eigenvalue weighted by Crippen LogP contribution is -2.60. The summed E-state index contributed by atoms with van der Waals surface area (Å²) < 4.78 is 0. The van der Waals surface area contributed by atoms with Gasteiger partial charge in [-0.2, -0.15) is 0 Å². The summed E-state index contributed by atoms with van der Waals surface area (Å²) in [5, 5.41) is 3.74. The minimum atomic E-state index is 0.100. The zero-order chi connectivity index (χ0) is 14.0. The van der Waals surface area contributed by atoms with E-state index in [4.69, 9.17) is 0 Å². The highest BCUT2D eigenvalue weighted by Crippen LogP contribution is 2.27. The maximum Gasteiger partial charge on any atom is 0.0535 e. The fourth-order valence-electron chi connectivity index (χ4n) is 3.69. The van der Waals surface area contributed by atoms with Crippen molar-refractivity contribution in [2.24, 2.45) is 0 Å². The van der Waals surface area contributed by atoms with Gasteiger partial charge in [0.2, 0.25) is 0 Å². The van der Waals surface area contributed by atoms with Crippen LogP contribution in [0.15, 0.2) is 30.3 Å². The van der Waals surface area contributed by atoms with Crippen LogP contribution in [0.25, 0.3) is 0 Å². The molecule has 0 bridgehead atoms. The molecule has 0 aromatic heterocycles. The topological polar surface area (TPSA) is 18.5 Å². The first kappa shape index (κ1) is 14.1. The van der Waals surface area contributed by atoms with Crippen LogP contribution < -0.4 is 5.32 Å². The van der Waals surface area contributed by atoms with Gasteiger partial charge in [-0.25, -0.2) is 0 Å². The van der Waals surface area contributed by atoms with Crippen molar-refractivity contribution in [3.63, 3.8) is 0 Å². The summed E-state index contributed by atoms with van der Waals surface area (Å²) in [4.78, 5) is 5.17. The van der Waals surface area contributed by atoms with Gasteiger partial charge in [-0.1, -0.05) is 30.3 Å². The molecule has 3 rings (SSSR count). The molecule has 110 valence electrons. The predicted octanol–water partition coefficient (Wildman–Crippen LogP) is 1.90. The van der Waals surface area contributed by atoms with Crippen LogP contribution in [0.3, 0.4) is 0 Å². The van der Waals surface area contributed by atoms with E-state index < -0.39 is 0 Å². The standard InChI is InChI=1S/C17H27N3/c1-17(15-6-4-3-5-7-15)14-20(13-10-18-17)16-8-11-19(2)12-9-16/h3-7,16,18H,8-14H2,1-2H3. The monoisotopic (exact) mass is 273 g/mol. The summed E-state index contributed by atoms with van der Waals surface area (Å²) in [6, 6.07) is 11.7. The van der Waals surface area contributed by atoms with Crippen molar-refractivity contribution in [2.45, 2.75) is 31.3 Å². The Labute approximate surface area is 123 Å². The number of hydrogen-bond acceptors (Lipinski definition) is 3. The molecule has 2 heterocycles. The smallest absolute Gasteiger partial charge is 0.0535 e. The van der Waals surface area contributed by atoms with Crippen molar-refractivity contribution in [1.29, 1.82) is 0 Å². The molecule has 1 unspecified atom stereocenters. The Bertz CT molecular complexity index is 425. The Kier molecular flexibility index (Phi) is 4.11. The average molecular weight is 273 g/mol. The maximum absolute atomic E-state index is 3.74. The largest absolute Gasteiger partial charge is 0.306 e. The summed E-state index contributed by atoms with van der Waals surface area (Å²) in [7, 11) is 2.24. The van der Waals surface area contributed by atoms with E-state index in [1.54, 1.807) is 0 Å². The van der Waals surface area contributed by atoms with Gasteiger partial charge in [0.15, 0.2) is 0 Å². The number of nitrogens with one attached hydrogen (secondary N) is 1. The molecule has 0 amide bonds. The number of nitrogens with zero attached hydrogens (tertiary/aromatic N) is 2. The van der Waals surface area contributed by atoms with Gasteiger partial charge >= 0.3 is 0 Å². The van der Waals surface area contributed by atoms with Crippen molar-refractivity contribution in [2.75, 3.05) is 39.8 Å². The van der Waals surface area contributed by atoms with Gasteiger partial charge in [0.25, 0.3) is 0 Å². The second-order valence-electron chi connectivity index (χ2n) is 6.63. The highest BCUT2D eigenvalue weighted by atomic mass is 15.3. The molecule has 2 aliphatic heterocycles. The molecule has 0 aliphatic carbocycles. The van der Waals surface area contributed by atoms with Crippen LogP contribution in [-0.4, -0.2) is 55.6 Å². The van der Waals surface area contributed by atoms with Crippen molar-refractivity contribution >= 4 is 0 Å². The number of likely N-dealkylation sites (tertiary alicyclic amines) is 1. The Morgan fingerprint density at radius 1 is 1.10 bits per heavy atom. The van der Waals surface area contributed by atoms with Crippen LogP contribution in [0.5, 0.6) is 0 Å². The summed E-state index contributed by atoms with van der Waals surface area (Å²) >= 11 is 0. The number of piperazine rings is 1. The normalized spacial score (nSPS) is 30.5. The SMILES string of the molecule is CN1CCC(N2CCNC(C)(c3ccccc3)C2)CC1. The maximum atomic E-state index is 3.74. The van der Waals surface area contributed by atoms with Gasteiger partial charge in [-0.15, -0.1) is 0 Å². The van der Waals surface area contributed by atoms with Gasteiger partial charge in [0, 0.05) is 25.7 Å². The fourth-order valence-corrected chi connectivity index (χ4v) is 3.69. The highest BCUT2D eigenvalue weighted by Gasteiger charge is 2.35. The van der Waals surface area contributed by atoms with Crippen LogP contribution in [0, 0.1) is 0 Å². The number of piperidine rings is 1. The van der Waals surface area contributed by atoms with Gasteiger partial charge in [-0.05, 0) is 45.5 Å². The van der Waals surface area contributed by atoms with E-state index in [-0.39, 0.29) is 5.54 Å². The van der Waals surface area contributed by atoms with Crippen LogP contribution in [0.2, 0.25) is 0 Å². The molecule has 1 aromatic rings. The molecule has 0 radical (unpaired) electrons. The van der Waals surface area contributed by atoms with Crippen LogP contribution in [0.1, 0.15) is 25.3 Å². The van der Waals surface area contributed by atoms with Crippen molar-refractivity contribution in [3.05, 3.63) is 35.9 Å². The number of hydrogen-bond donors (Lipinski definition) is 1. The molecule has 20 heavy (non-hydrogen) atoms. The average Bonchev–Trinajstić information content (AvgIpc) is 2.49. The molecule has 1 aromatic carbocycles. The molecular formula is C17H27N3. The first-order valence-corrected chi connectivity index (χ1v) is 7.90. The third-order valence-electron chi connectivity index (χ3n) is 5.05. The molecule has 0 spiro atoms. The van der Waals surface area contributed by atoms with Crippen molar-refractivity contribution in [1.82, 2.24) is 15.1 Å². The van der Waals surface area contributed by atoms with Crippen LogP contribution >= 0.6 is 0 Å². The predicted molar refractivity (Wildman–Crippen MR) is 83.9 cm³/mol. The summed E-state index contributed by atoms with van der Waals surface area (Å²) in [6.07, 6.45) is 2.64. The van der Waals surface area contributed by atoms with Gasteiger partial charge in [0.1, 0.15) is 0 Å². The minimum Gasteiger partial charge on any atom is -0.306 e. The molecule has 1 atom stereocenters. The molecule has 2 fully saturated rings. The zero-order valence-electron chi connectivity index (χ0n) is 12.8. The van der Waals surface area contributed by atoms with E-state index >= 15 is 0 Å². The lowest BCUT2D eigenvalue weighted by molar-refractivity contribution is 0.0640. The van der Waals surface area contributed by atoms with Crippen LogP contribution in [0.4, 0.5) is 0 Å². The van der Waals surface area contributed by atoms with Gasteiger partial charge < -0.3 is 10.2 Å². The Hall–Kier alpha value is -0.900. The van der Waals surface area contributed by atoms with Crippen molar-refractivity contribution in [3.8, 4) is 0 Å². The first-order chi connectivity index (χ1) is 9.67. The molecule has 2 aliphatic rings. The molecule has 3 nitrogen and oxygen atoms in total. The quantitative estimate of drug-likeness (QED) is 0.888. The van der Waals surface area contributed by atoms with Gasteiger partial charge in [0.05, 0.1) is 5.54 Å². The van der Waals surface area contributed by atoms with E-state index in [2.05, 4.69) is 59.4 Å². The molecule has 3 heteroatoms. The molecule has 2 saturated heterocycles. The summed E-state index contributed by atoms with van der Waals surface area (Å²) in [5.41, 5.74) is 1.51. The number of benzene rings is 1. The van der Waals surface area contributed by atoms with Crippen molar-refractivity contribution < 1.29 is 0 Å². The second kappa shape index (κ2) is 5.84. The van der Waals surface area contributed by atoms with E-state index in [0.29, 0.717) is 0 Å². The Morgan fingerprint density at radius 2 is 1.80 bits per heavy atom. The molecular weight excluding hydrogens is 246 g/mol. The van der Waals surface area contributed by atoms with E-state index in [0.717, 1.165) is 19.1 Å². The Morgan fingerprint density at radius 3 is 2.50 bits per heavy atom. The molecule has 0 saturated carbocycles. The second-order valence-corrected chi connectivity index (χ2v) is 6.63. The van der Waals surface area contributed by atoms with E-state index in [1.165, 1.54) is 38.0 Å². The third-order valence-corrected chi connectivity index (χ3v) is 5.05. The first-order valence-electron chi connectivity index (χ1n) is 7.90. The van der Waals surface area contributed by atoms with E-state index in [1.807, 2.05) is 0 Å². The summed E-state index contributed by atoms with van der Waals surface area (Å²) in [6.45, 7) is 8.26. The van der Waals surface area contributed by atoms with Gasteiger partial charge in [-0.3, -0.25) is 4.90 Å². The Balaban J connectivity index is 1.70. The lowest BCUT2D eigenvalue weighted by Gasteiger charge is -2.46. The molecule has 1 N–H and O–H groups in total. The van der Waals surface area contributed by atoms with E-state index in [9.17, 15) is 0 Å².